The fourth-order valence-corrected chi connectivity index (χ4v) is 2.91. The molecule has 1 unspecified atom stereocenters. The number of benzene rings is 1. The van der Waals surface area contributed by atoms with Crippen molar-refractivity contribution >= 4 is 5.96 Å². The average molecular weight is 364 g/mol. The van der Waals surface area contributed by atoms with Crippen LogP contribution in [-0.4, -0.2) is 40.9 Å². The predicted molar refractivity (Wildman–Crippen MR) is 92.5 cm³/mol. The molecule has 2 aromatic rings. The lowest BCUT2D eigenvalue weighted by Crippen LogP contribution is -2.46. The Morgan fingerprint density at radius 3 is 3.04 bits per heavy atom. The first-order valence-corrected chi connectivity index (χ1v) is 8.41. The van der Waals surface area contributed by atoms with Crippen molar-refractivity contribution in [3.63, 3.8) is 0 Å². The number of methoxy groups -OCH3 is 1. The second kappa shape index (κ2) is 8.22. The Bertz CT molecular complexity index is 792. The van der Waals surface area contributed by atoms with Crippen LogP contribution in [0.25, 0.3) is 0 Å². The molecule has 1 atom stereocenters. The van der Waals surface area contributed by atoms with Crippen molar-refractivity contribution in [1.82, 2.24) is 25.4 Å². The molecule has 140 valence electrons. The molecule has 1 aliphatic rings. The molecular weight excluding hydrogens is 342 g/mol. The maximum atomic E-state index is 13.7. The number of hydrogen-bond donors (Lipinski definition) is 2. The summed E-state index contributed by atoms with van der Waals surface area (Å²) in [4.78, 5) is 8.60. The highest BCUT2D eigenvalue weighted by Gasteiger charge is 2.22. The number of rotatable bonds is 5. The van der Waals surface area contributed by atoms with Crippen molar-refractivity contribution in [2.75, 3.05) is 14.2 Å². The molecule has 9 heteroatoms. The van der Waals surface area contributed by atoms with E-state index >= 15 is 0 Å². The summed E-state index contributed by atoms with van der Waals surface area (Å²) in [7, 11) is 3.25. The number of nitrogens with one attached hydrogen (secondary N) is 2. The minimum atomic E-state index is -0.469. The quantitative estimate of drug-likeness (QED) is 0.619. The van der Waals surface area contributed by atoms with Crippen LogP contribution < -0.4 is 10.6 Å². The van der Waals surface area contributed by atoms with Gasteiger partial charge in [0.1, 0.15) is 24.1 Å². The molecule has 0 fully saturated rings. The topological polar surface area (TPSA) is 76.4 Å². The van der Waals surface area contributed by atoms with E-state index in [0.717, 1.165) is 30.8 Å². The van der Waals surface area contributed by atoms with Gasteiger partial charge in [-0.05, 0) is 24.6 Å². The molecule has 1 aromatic carbocycles. The zero-order valence-electron chi connectivity index (χ0n) is 14.8. The van der Waals surface area contributed by atoms with Crippen LogP contribution in [0.4, 0.5) is 8.78 Å². The van der Waals surface area contributed by atoms with Gasteiger partial charge in [-0.25, -0.2) is 18.4 Å². The number of nitrogens with zero attached hydrogens (tertiary/aromatic N) is 4. The second-order valence-corrected chi connectivity index (χ2v) is 6.10. The normalized spacial score (nSPS) is 17.1. The molecule has 0 bridgehead atoms. The van der Waals surface area contributed by atoms with E-state index < -0.39 is 11.6 Å². The molecule has 1 aliphatic heterocycles. The lowest BCUT2D eigenvalue weighted by atomic mass is 10.1. The third kappa shape index (κ3) is 4.34. The van der Waals surface area contributed by atoms with Gasteiger partial charge in [-0.2, -0.15) is 5.10 Å². The van der Waals surface area contributed by atoms with Gasteiger partial charge < -0.3 is 15.4 Å². The maximum Gasteiger partial charge on any atom is 0.191 e. The lowest BCUT2D eigenvalue weighted by molar-refractivity contribution is 0.177. The highest BCUT2D eigenvalue weighted by Crippen LogP contribution is 2.14. The van der Waals surface area contributed by atoms with Crippen LogP contribution in [0.5, 0.6) is 0 Å². The number of aromatic nitrogens is 3. The van der Waals surface area contributed by atoms with Gasteiger partial charge in [-0.15, -0.1) is 0 Å². The number of fused-ring (bicyclic) bond motifs is 1. The van der Waals surface area contributed by atoms with Gasteiger partial charge in [0.2, 0.25) is 0 Å². The van der Waals surface area contributed by atoms with Crippen molar-refractivity contribution < 1.29 is 13.5 Å². The van der Waals surface area contributed by atoms with Crippen LogP contribution in [0.3, 0.4) is 0 Å². The molecule has 1 aromatic heterocycles. The number of aryl methyl sites for hydroxylation is 1. The average Bonchev–Trinajstić information content (AvgIpc) is 3.03. The standard InChI is InChI=1S/C17H22F2N6O/c1-20-17(21-8-11-7-12(18)3-5-14(11)19)22-13-4-6-16-23-15(10-26-2)24-25(16)9-13/h3,5,7,13H,4,6,8-10H2,1-2H3,(H2,20,21,22). The molecule has 0 aliphatic carbocycles. The molecule has 3 rings (SSSR count). The molecular formula is C17H22F2N6O. The monoisotopic (exact) mass is 364 g/mol. The minimum absolute atomic E-state index is 0.114. The molecule has 0 spiro atoms. The third-order valence-electron chi connectivity index (χ3n) is 4.19. The van der Waals surface area contributed by atoms with E-state index in [2.05, 4.69) is 25.7 Å². The molecule has 0 saturated heterocycles. The number of aliphatic imine (C=N–C) groups is 1. The Morgan fingerprint density at radius 1 is 1.42 bits per heavy atom. The number of ether oxygens (including phenoxy) is 1. The Kier molecular flexibility index (Phi) is 5.77. The second-order valence-electron chi connectivity index (χ2n) is 6.10. The fourth-order valence-electron chi connectivity index (χ4n) is 2.91. The van der Waals surface area contributed by atoms with E-state index in [1.807, 2.05) is 4.68 Å². The Balaban J connectivity index is 1.57. The molecule has 2 heterocycles. The van der Waals surface area contributed by atoms with Gasteiger partial charge >= 0.3 is 0 Å². The zero-order valence-corrected chi connectivity index (χ0v) is 14.8. The first kappa shape index (κ1) is 18.2. The van der Waals surface area contributed by atoms with Crippen LogP contribution in [0.2, 0.25) is 0 Å². The van der Waals surface area contributed by atoms with E-state index in [9.17, 15) is 8.78 Å². The van der Waals surface area contributed by atoms with Crippen LogP contribution in [-0.2, 0) is 30.9 Å². The first-order chi connectivity index (χ1) is 12.6. The van der Waals surface area contributed by atoms with Crippen molar-refractivity contribution in [1.29, 1.82) is 0 Å². The van der Waals surface area contributed by atoms with E-state index in [1.54, 1.807) is 14.2 Å². The van der Waals surface area contributed by atoms with Crippen molar-refractivity contribution in [3.8, 4) is 0 Å². The minimum Gasteiger partial charge on any atom is -0.377 e. The van der Waals surface area contributed by atoms with Crippen molar-refractivity contribution in [2.24, 2.45) is 4.99 Å². The van der Waals surface area contributed by atoms with E-state index in [-0.39, 0.29) is 18.2 Å². The summed E-state index contributed by atoms with van der Waals surface area (Å²) in [5.74, 6) is 1.22. The summed E-state index contributed by atoms with van der Waals surface area (Å²) < 4.78 is 33.9. The zero-order chi connectivity index (χ0) is 18.5. The molecule has 0 radical (unpaired) electrons. The third-order valence-corrected chi connectivity index (χ3v) is 4.19. The summed E-state index contributed by atoms with van der Waals surface area (Å²) >= 11 is 0. The maximum absolute atomic E-state index is 13.7. The SMILES string of the molecule is CN=C(NCc1cc(F)ccc1F)NC1CCc2nc(COC)nn2C1. The summed E-state index contributed by atoms with van der Waals surface area (Å²) in [6, 6.07) is 3.51. The van der Waals surface area contributed by atoms with E-state index in [0.29, 0.717) is 24.9 Å². The Morgan fingerprint density at radius 2 is 2.27 bits per heavy atom. The first-order valence-electron chi connectivity index (χ1n) is 8.41. The van der Waals surface area contributed by atoms with E-state index in [1.165, 1.54) is 6.07 Å². The van der Waals surface area contributed by atoms with Crippen LogP contribution >= 0.6 is 0 Å². The Labute approximate surface area is 150 Å². The van der Waals surface area contributed by atoms with E-state index in [4.69, 9.17) is 4.74 Å². The number of halogens is 2. The van der Waals surface area contributed by atoms with Gasteiger partial charge in [-0.1, -0.05) is 0 Å². The van der Waals surface area contributed by atoms with Gasteiger partial charge in [0.05, 0.1) is 6.54 Å². The van der Waals surface area contributed by atoms with Gasteiger partial charge in [0.25, 0.3) is 0 Å². The molecule has 2 N–H and O–H groups in total. The fraction of sp³-hybridized carbons (Fsp3) is 0.471. The smallest absolute Gasteiger partial charge is 0.191 e. The van der Waals surface area contributed by atoms with Crippen molar-refractivity contribution in [2.45, 2.75) is 38.6 Å². The summed E-state index contributed by atoms with van der Waals surface area (Å²) in [6.07, 6.45) is 1.67. The summed E-state index contributed by atoms with van der Waals surface area (Å²) in [5.41, 5.74) is 0.249. The van der Waals surface area contributed by atoms with Gasteiger partial charge in [0.15, 0.2) is 11.8 Å². The lowest BCUT2D eigenvalue weighted by Gasteiger charge is -2.25. The highest BCUT2D eigenvalue weighted by atomic mass is 19.1. The number of hydrogen-bond acceptors (Lipinski definition) is 4. The van der Waals surface area contributed by atoms with Crippen LogP contribution in [0, 0.1) is 11.6 Å². The molecule has 0 amide bonds. The Hall–Kier alpha value is -2.55. The van der Waals surface area contributed by atoms with Crippen molar-refractivity contribution in [3.05, 3.63) is 47.0 Å². The van der Waals surface area contributed by atoms with Gasteiger partial charge in [-0.3, -0.25) is 4.99 Å². The highest BCUT2D eigenvalue weighted by molar-refractivity contribution is 5.79. The summed E-state index contributed by atoms with van der Waals surface area (Å²) in [5, 5.41) is 10.7. The summed E-state index contributed by atoms with van der Waals surface area (Å²) in [6.45, 7) is 1.18. The predicted octanol–water partition coefficient (Wildman–Crippen LogP) is 1.38. The molecule has 26 heavy (non-hydrogen) atoms. The van der Waals surface area contributed by atoms with Gasteiger partial charge in [0, 0.05) is 38.7 Å². The largest absolute Gasteiger partial charge is 0.377 e. The van der Waals surface area contributed by atoms with Crippen LogP contribution in [0.1, 0.15) is 23.6 Å². The number of guanidine groups is 1. The molecule has 7 nitrogen and oxygen atoms in total. The van der Waals surface area contributed by atoms with Crippen LogP contribution in [0.15, 0.2) is 23.2 Å². The molecule has 0 saturated carbocycles.